The summed E-state index contributed by atoms with van der Waals surface area (Å²) >= 11 is 5.91. The van der Waals surface area contributed by atoms with Crippen LogP contribution in [-0.4, -0.2) is 51.0 Å². The minimum absolute atomic E-state index is 0.0727. The zero-order valence-electron chi connectivity index (χ0n) is 13.8. The Bertz CT molecular complexity index is 809. The van der Waals surface area contributed by atoms with E-state index in [2.05, 4.69) is 5.10 Å². The second kappa shape index (κ2) is 6.52. The van der Waals surface area contributed by atoms with Gasteiger partial charge in [-0.3, -0.25) is 14.3 Å². The number of hydrogen-bond donors (Lipinski definition) is 0. The molecule has 0 N–H and O–H groups in total. The number of benzene rings is 1. The standard InChI is InChI=1S/C18H19ClN4O2/c19-14-5-3-13(4-6-14)12-22-9-10-23-16(18(22)25)11-15(20-23)17(24)21-7-1-2-8-21/h3-6,11H,1-2,7-10,12H2. The first-order chi connectivity index (χ1) is 12.1. The van der Waals surface area contributed by atoms with E-state index in [-0.39, 0.29) is 11.8 Å². The number of carbonyl (C=O) groups is 2. The fourth-order valence-corrected chi connectivity index (χ4v) is 3.51. The Hall–Kier alpha value is -2.34. The summed E-state index contributed by atoms with van der Waals surface area (Å²) in [5.41, 5.74) is 1.89. The lowest BCUT2D eigenvalue weighted by atomic mass is 10.2. The first-order valence-electron chi connectivity index (χ1n) is 8.53. The van der Waals surface area contributed by atoms with Gasteiger partial charge in [0.1, 0.15) is 5.69 Å². The highest BCUT2D eigenvalue weighted by Crippen LogP contribution is 2.19. The van der Waals surface area contributed by atoms with Gasteiger partial charge in [-0.1, -0.05) is 23.7 Å². The predicted octanol–water partition coefficient (Wildman–Crippen LogP) is 2.43. The van der Waals surface area contributed by atoms with Crippen molar-refractivity contribution in [2.45, 2.75) is 25.9 Å². The van der Waals surface area contributed by atoms with Crippen molar-refractivity contribution in [3.8, 4) is 0 Å². The summed E-state index contributed by atoms with van der Waals surface area (Å²) < 4.78 is 1.66. The fourth-order valence-electron chi connectivity index (χ4n) is 3.39. The molecule has 2 aliphatic heterocycles. The molecule has 25 heavy (non-hydrogen) atoms. The number of hydrogen-bond acceptors (Lipinski definition) is 3. The van der Waals surface area contributed by atoms with Crippen LogP contribution in [0.25, 0.3) is 0 Å². The van der Waals surface area contributed by atoms with E-state index >= 15 is 0 Å². The Balaban J connectivity index is 1.52. The van der Waals surface area contributed by atoms with E-state index in [0.717, 1.165) is 31.5 Å². The average molecular weight is 359 g/mol. The molecule has 0 bridgehead atoms. The third-order valence-electron chi connectivity index (χ3n) is 4.77. The zero-order chi connectivity index (χ0) is 17.4. The number of carbonyl (C=O) groups excluding carboxylic acids is 2. The summed E-state index contributed by atoms with van der Waals surface area (Å²) in [6.07, 6.45) is 2.07. The van der Waals surface area contributed by atoms with Gasteiger partial charge in [0.15, 0.2) is 5.69 Å². The maximum Gasteiger partial charge on any atom is 0.274 e. The van der Waals surface area contributed by atoms with Gasteiger partial charge in [0.25, 0.3) is 11.8 Å². The van der Waals surface area contributed by atoms with Crippen molar-refractivity contribution < 1.29 is 9.59 Å². The SMILES string of the molecule is O=C(c1cc2n(n1)CCN(Cc1ccc(Cl)cc1)C2=O)N1CCCC1. The fraction of sp³-hybridized carbons (Fsp3) is 0.389. The van der Waals surface area contributed by atoms with Crippen LogP contribution >= 0.6 is 11.6 Å². The molecule has 1 aromatic heterocycles. The molecule has 1 saturated heterocycles. The summed E-state index contributed by atoms with van der Waals surface area (Å²) in [7, 11) is 0. The number of fused-ring (bicyclic) bond motifs is 1. The van der Waals surface area contributed by atoms with Crippen molar-refractivity contribution in [2.75, 3.05) is 19.6 Å². The second-order valence-electron chi connectivity index (χ2n) is 6.49. The molecule has 6 nitrogen and oxygen atoms in total. The van der Waals surface area contributed by atoms with E-state index in [0.29, 0.717) is 36.0 Å². The van der Waals surface area contributed by atoms with E-state index in [9.17, 15) is 9.59 Å². The molecule has 2 amide bonds. The molecule has 0 atom stereocenters. The lowest BCUT2D eigenvalue weighted by molar-refractivity contribution is 0.0682. The Morgan fingerprint density at radius 2 is 1.80 bits per heavy atom. The number of amides is 2. The molecule has 3 heterocycles. The van der Waals surface area contributed by atoms with Gasteiger partial charge in [-0.15, -0.1) is 0 Å². The van der Waals surface area contributed by atoms with E-state index in [1.165, 1.54) is 0 Å². The molecule has 1 aromatic carbocycles. The maximum absolute atomic E-state index is 12.8. The second-order valence-corrected chi connectivity index (χ2v) is 6.93. The van der Waals surface area contributed by atoms with Crippen LogP contribution in [-0.2, 0) is 13.1 Å². The summed E-state index contributed by atoms with van der Waals surface area (Å²) in [4.78, 5) is 28.8. The van der Waals surface area contributed by atoms with Gasteiger partial charge >= 0.3 is 0 Å². The molecule has 1 fully saturated rings. The molecule has 0 radical (unpaired) electrons. The van der Waals surface area contributed by atoms with E-state index in [1.807, 2.05) is 29.2 Å². The van der Waals surface area contributed by atoms with Gasteiger partial charge in [-0.2, -0.15) is 5.10 Å². The molecule has 0 spiro atoms. The van der Waals surface area contributed by atoms with Crippen LogP contribution in [0, 0.1) is 0 Å². The van der Waals surface area contributed by atoms with Gasteiger partial charge in [0.05, 0.1) is 6.54 Å². The van der Waals surface area contributed by atoms with Gasteiger partial charge in [-0.25, -0.2) is 0 Å². The summed E-state index contributed by atoms with van der Waals surface area (Å²) in [5, 5.41) is 5.04. The van der Waals surface area contributed by atoms with Crippen LogP contribution in [0.3, 0.4) is 0 Å². The molecule has 7 heteroatoms. The topological polar surface area (TPSA) is 58.4 Å². The quantitative estimate of drug-likeness (QED) is 0.846. The number of rotatable bonds is 3. The van der Waals surface area contributed by atoms with E-state index in [1.54, 1.807) is 15.6 Å². The summed E-state index contributed by atoms with van der Waals surface area (Å²) in [6, 6.07) is 9.12. The minimum Gasteiger partial charge on any atom is -0.337 e. The molecule has 130 valence electrons. The van der Waals surface area contributed by atoms with Crippen LogP contribution in [0.2, 0.25) is 5.02 Å². The largest absolute Gasteiger partial charge is 0.337 e. The summed E-state index contributed by atoms with van der Waals surface area (Å²) in [5.74, 6) is -0.161. The molecular weight excluding hydrogens is 340 g/mol. The van der Waals surface area contributed by atoms with Crippen molar-refractivity contribution in [1.29, 1.82) is 0 Å². The molecule has 4 rings (SSSR count). The number of nitrogens with zero attached hydrogens (tertiary/aromatic N) is 4. The highest BCUT2D eigenvalue weighted by Gasteiger charge is 2.29. The van der Waals surface area contributed by atoms with Gasteiger partial charge in [0, 0.05) is 37.3 Å². The van der Waals surface area contributed by atoms with Crippen LogP contribution in [0.15, 0.2) is 30.3 Å². The predicted molar refractivity (Wildman–Crippen MR) is 93.6 cm³/mol. The highest BCUT2D eigenvalue weighted by molar-refractivity contribution is 6.30. The van der Waals surface area contributed by atoms with E-state index < -0.39 is 0 Å². The molecule has 0 saturated carbocycles. The zero-order valence-corrected chi connectivity index (χ0v) is 14.6. The van der Waals surface area contributed by atoms with Gasteiger partial charge in [-0.05, 0) is 30.5 Å². The normalized spacial score (nSPS) is 17.1. The van der Waals surface area contributed by atoms with Gasteiger partial charge < -0.3 is 9.80 Å². The number of likely N-dealkylation sites (tertiary alicyclic amines) is 1. The number of aromatic nitrogens is 2. The van der Waals surface area contributed by atoms with Crippen LogP contribution in [0.4, 0.5) is 0 Å². The lowest BCUT2D eigenvalue weighted by Gasteiger charge is -2.27. The first-order valence-corrected chi connectivity index (χ1v) is 8.90. The van der Waals surface area contributed by atoms with Crippen molar-refractivity contribution >= 4 is 23.4 Å². The van der Waals surface area contributed by atoms with Crippen molar-refractivity contribution in [3.05, 3.63) is 52.3 Å². The number of halogens is 1. The Morgan fingerprint density at radius 3 is 2.52 bits per heavy atom. The van der Waals surface area contributed by atoms with Crippen molar-refractivity contribution in [1.82, 2.24) is 19.6 Å². The first kappa shape index (κ1) is 16.1. The Morgan fingerprint density at radius 1 is 1.08 bits per heavy atom. The maximum atomic E-state index is 12.8. The minimum atomic E-state index is -0.0887. The molecule has 0 unspecified atom stereocenters. The van der Waals surface area contributed by atoms with Gasteiger partial charge in [0.2, 0.25) is 0 Å². The van der Waals surface area contributed by atoms with Crippen molar-refractivity contribution in [3.63, 3.8) is 0 Å². The Labute approximate surface area is 151 Å². The molecular formula is C18H19ClN4O2. The molecule has 0 aliphatic carbocycles. The summed E-state index contributed by atoms with van der Waals surface area (Å²) in [6.45, 7) is 3.25. The monoisotopic (exact) mass is 358 g/mol. The average Bonchev–Trinajstić information content (AvgIpc) is 3.28. The van der Waals surface area contributed by atoms with Crippen LogP contribution in [0.1, 0.15) is 39.4 Å². The van der Waals surface area contributed by atoms with Crippen LogP contribution in [0.5, 0.6) is 0 Å². The Kier molecular flexibility index (Phi) is 4.21. The van der Waals surface area contributed by atoms with E-state index in [4.69, 9.17) is 11.6 Å². The molecule has 2 aromatic rings. The lowest BCUT2D eigenvalue weighted by Crippen LogP contribution is -2.39. The van der Waals surface area contributed by atoms with Crippen molar-refractivity contribution in [2.24, 2.45) is 0 Å². The highest BCUT2D eigenvalue weighted by atomic mass is 35.5. The smallest absolute Gasteiger partial charge is 0.274 e. The third-order valence-corrected chi connectivity index (χ3v) is 5.02. The third kappa shape index (κ3) is 3.14. The molecule has 2 aliphatic rings. The van der Waals surface area contributed by atoms with Crippen LogP contribution < -0.4 is 0 Å².